The SMILES string of the molecule is Clc1ccc(-c2nc3ncccc3[nH]2)o1. The molecule has 15 heavy (non-hydrogen) atoms. The molecule has 0 aliphatic rings. The van der Waals surface area contributed by atoms with Crippen molar-refractivity contribution in [2.45, 2.75) is 0 Å². The number of fused-ring (bicyclic) bond motifs is 1. The molecule has 0 aromatic carbocycles. The number of furan rings is 1. The number of imidazole rings is 1. The molecule has 74 valence electrons. The number of hydrogen-bond donors (Lipinski definition) is 1. The van der Waals surface area contributed by atoms with Crippen LogP contribution in [0.5, 0.6) is 0 Å². The molecule has 5 heteroatoms. The molecule has 0 radical (unpaired) electrons. The highest BCUT2D eigenvalue weighted by Crippen LogP contribution is 2.23. The Morgan fingerprint density at radius 3 is 2.93 bits per heavy atom. The van der Waals surface area contributed by atoms with Gasteiger partial charge < -0.3 is 9.40 Å². The summed E-state index contributed by atoms with van der Waals surface area (Å²) in [4.78, 5) is 11.5. The molecule has 3 heterocycles. The summed E-state index contributed by atoms with van der Waals surface area (Å²) in [7, 11) is 0. The van der Waals surface area contributed by atoms with E-state index in [1.165, 1.54) is 0 Å². The van der Waals surface area contributed by atoms with E-state index in [1.54, 1.807) is 18.3 Å². The second kappa shape index (κ2) is 3.10. The largest absolute Gasteiger partial charge is 0.441 e. The van der Waals surface area contributed by atoms with Crippen molar-refractivity contribution in [3.05, 3.63) is 35.7 Å². The number of aromatic amines is 1. The molecular weight excluding hydrogens is 214 g/mol. The summed E-state index contributed by atoms with van der Waals surface area (Å²) in [6.07, 6.45) is 1.70. The zero-order valence-corrected chi connectivity index (χ0v) is 8.32. The van der Waals surface area contributed by atoms with E-state index in [0.717, 1.165) is 5.52 Å². The standard InChI is InChI=1S/C10H6ClN3O/c11-8-4-3-7(15-8)10-13-6-2-1-5-12-9(6)14-10/h1-5H,(H,12,13,14). The van der Waals surface area contributed by atoms with Crippen molar-refractivity contribution in [3.63, 3.8) is 0 Å². The Labute approximate surface area is 89.9 Å². The molecule has 0 atom stereocenters. The Balaban J connectivity index is 2.19. The van der Waals surface area contributed by atoms with Crippen LogP contribution < -0.4 is 0 Å². The highest BCUT2D eigenvalue weighted by Gasteiger charge is 2.08. The van der Waals surface area contributed by atoms with E-state index in [0.29, 0.717) is 22.5 Å². The average Bonchev–Trinajstić information content (AvgIpc) is 2.82. The predicted molar refractivity (Wildman–Crippen MR) is 56.6 cm³/mol. The van der Waals surface area contributed by atoms with E-state index < -0.39 is 0 Å². The number of nitrogens with zero attached hydrogens (tertiary/aromatic N) is 2. The number of aromatic nitrogens is 3. The topological polar surface area (TPSA) is 54.7 Å². The number of pyridine rings is 1. The monoisotopic (exact) mass is 219 g/mol. The molecule has 0 fully saturated rings. The summed E-state index contributed by atoms with van der Waals surface area (Å²) in [5, 5.41) is 0.346. The van der Waals surface area contributed by atoms with E-state index in [1.807, 2.05) is 12.1 Å². The van der Waals surface area contributed by atoms with E-state index >= 15 is 0 Å². The molecule has 0 unspecified atom stereocenters. The van der Waals surface area contributed by atoms with Crippen LogP contribution in [0.3, 0.4) is 0 Å². The zero-order valence-electron chi connectivity index (χ0n) is 7.57. The predicted octanol–water partition coefficient (Wildman–Crippen LogP) is 2.87. The van der Waals surface area contributed by atoms with Gasteiger partial charge in [0, 0.05) is 6.20 Å². The van der Waals surface area contributed by atoms with Crippen molar-refractivity contribution >= 4 is 22.8 Å². The minimum atomic E-state index is 0.346. The molecule has 3 aromatic heterocycles. The number of hydrogen-bond acceptors (Lipinski definition) is 3. The second-order valence-corrected chi connectivity index (χ2v) is 3.44. The fourth-order valence-corrected chi connectivity index (χ4v) is 1.55. The fraction of sp³-hybridized carbons (Fsp3) is 0. The summed E-state index contributed by atoms with van der Waals surface area (Å²) < 4.78 is 5.24. The highest BCUT2D eigenvalue weighted by molar-refractivity contribution is 6.28. The Hall–Kier alpha value is -1.81. The third-order valence-corrected chi connectivity index (χ3v) is 2.27. The molecule has 0 saturated carbocycles. The molecule has 1 N–H and O–H groups in total. The number of H-pyrrole nitrogens is 1. The maximum atomic E-state index is 5.69. The van der Waals surface area contributed by atoms with Crippen molar-refractivity contribution in [3.8, 4) is 11.6 Å². The Morgan fingerprint density at radius 1 is 1.27 bits per heavy atom. The summed E-state index contributed by atoms with van der Waals surface area (Å²) in [6.45, 7) is 0. The first kappa shape index (κ1) is 8.49. The van der Waals surface area contributed by atoms with Gasteiger partial charge in [0.05, 0.1) is 5.52 Å². The molecule has 0 bridgehead atoms. The van der Waals surface area contributed by atoms with Crippen molar-refractivity contribution in [1.82, 2.24) is 15.0 Å². The van der Waals surface area contributed by atoms with Crippen LogP contribution in [0.25, 0.3) is 22.7 Å². The van der Waals surface area contributed by atoms with Crippen LogP contribution in [0.4, 0.5) is 0 Å². The lowest BCUT2D eigenvalue weighted by Gasteiger charge is -1.86. The van der Waals surface area contributed by atoms with Crippen LogP contribution in [0.1, 0.15) is 0 Å². The summed E-state index contributed by atoms with van der Waals surface area (Å²) in [5.41, 5.74) is 1.54. The van der Waals surface area contributed by atoms with Crippen LogP contribution in [0.15, 0.2) is 34.9 Å². The Bertz CT molecular complexity index is 581. The summed E-state index contributed by atoms with van der Waals surface area (Å²) in [6, 6.07) is 7.19. The molecule has 3 rings (SSSR count). The zero-order chi connectivity index (χ0) is 10.3. The van der Waals surface area contributed by atoms with Crippen LogP contribution >= 0.6 is 11.6 Å². The maximum Gasteiger partial charge on any atom is 0.194 e. The molecule has 0 amide bonds. The van der Waals surface area contributed by atoms with Crippen LogP contribution in [0, 0.1) is 0 Å². The van der Waals surface area contributed by atoms with Crippen LogP contribution in [-0.4, -0.2) is 15.0 Å². The molecule has 4 nitrogen and oxygen atoms in total. The van der Waals surface area contributed by atoms with Gasteiger partial charge in [-0.15, -0.1) is 0 Å². The third-order valence-electron chi connectivity index (χ3n) is 2.06. The van der Waals surface area contributed by atoms with Gasteiger partial charge in [0.15, 0.2) is 22.5 Å². The Morgan fingerprint density at radius 2 is 2.20 bits per heavy atom. The average molecular weight is 220 g/mol. The quantitative estimate of drug-likeness (QED) is 0.685. The first-order chi connectivity index (χ1) is 7.33. The first-order valence-corrected chi connectivity index (χ1v) is 4.77. The van der Waals surface area contributed by atoms with Crippen molar-refractivity contribution in [1.29, 1.82) is 0 Å². The number of halogens is 1. The van der Waals surface area contributed by atoms with Gasteiger partial charge in [-0.25, -0.2) is 9.97 Å². The lowest BCUT2D eigenvalue weighted by Crippen LogP contribution is -1.74. The molecule has 0 aliphatic heterocycles. The molecule has 0 spiro atoms. The molecule has 0 saturated heterocycles. The fourth-order valence-electron chi connectivity index (χ4n) is 1.40. The van der Waals surface area contributed by atoms with E-state index in [9.17, 15) is 0 Å². The van der Waals surface area contributed by atoms with Crippen LogP contribution in [-0.2, 0) is 0 Å². The van der Waals surface area contributed by atoms with Crippen LogP contribution in [0.2, 0.25) is 5.22 Å². The maximum absolute atomic E-state index is 5.69. The van der Waals surface area contributed by atoms with Crippen molar-refractivity contribution in [2.75, 3.05) is 0 Å². The highest BCUT2D eigenvalue weighted by atomic mass is 35.5. The third kappa shape index (κ3) is 1.39. The molecular formula is C10H6ClN3O. The molecule has 0 aliphatic carbocycles. The normalized spacial score (nSPS) is 11.0. The van der Waals surface area contributed by atoms with Crippen molar-refractivity contribution < 1.29 is 4.42 Å². The van der Waals surface area contributed by atoms with Gasteiger partial charge in [-0.05, 0) is 35.9 Å². The number of nitrogens with one attached hydrogen (secondary N) is 1. The van der Waals surface area contributed by atoms with Gasteiger partial charge in [-0.1, -0.05) is 0 Å². The lowest BCUT2D eigenvalue weighted by molar-refractivity contribution is 0.580. The minimum absolute atomic E-state index is 0.346. The van der Waals surface area contributed by atoms with Crippen molar-refractivity contribution in [2.24, 2.45) is 0 Å². The van der Waals surface area contributed by atoms with Gasteiger partial charge in [-0.2, -0.15) is 0 Å². The smallest absolute Gasteiger partial charge is 0.194 e. The van der Waals surface area contributed by atoms with Gasteiger partial charge >= 0.3 is 0 Å². The number of rotatable bonds is 1. The van der Waals surface area contributed by atoms with E-state index in [-0.39, 0.29) is 0 Å². The summed E-state index contributed by atoms with van der Waals surface area (Å²) in [5.74, 6) is 1.24. The minimum Gasteiger partial charge on any atom is -0.441 e. The van der Waals surface area contributed by atoms with Gasteiger partial charge in [0.1, 0.15) is 0 Å². The second-order valence-electron chi connectivity index (χ2n) is 3.06. The Kier molecular flexibility index (Phi) is 1.76. The van der Waals surface area contributed by atoms with Gasteiger partial charge in [0.25, 0.3) is 0 Å². The van der Waals surface area contributed by atoms with Gasteiger partial charge in [-0.3, -0.25) is 0 Å². The van der Waals surface area contributed by atoms with Gasteiger partial charge in [0.2, 0.25) is 0 Å². The molecule has 3 aromatic rings. The summed E-state index contributed by atoms with van der Waals surface area (Å²) >= 11 is 5.69. The van der Waals surface area contributed by atoms with E-state index in [4.69, 9.17) is 16.0 Å². The van der Waals surface area contributed by atoms with E-state index in [2.05, 4.69) is 15.0 Å². The first-order valence-electron chi connectivity index (χ1n) is 4.39. The lowest BCUT2D eigenvalue weighted by atomic mass is 10.4.